The molecule has 11 heteroatoms. The average molecular weight is 561 g/mol. The molecule has 0 spiro atoms. The first kappa shape index (κ1) is 27.2. The maximum Gasteiger partial charge on any atom is 0.262 e. The van der Waals surface area contributed by atoms with Gasteiger partial charge in [-0.1, -0.05) is 6.92 Å². The number of rotatable bonds is 8. The van der Waals surface area contributed by atoms with E-state index in [1.807, 2.05) is 12.1 Å². The number of nitrogens with zero attached hydrogens (tertiary/aromatic N) is 4. The standard InChI is InChI=1S/C30H36N6O5/c1-2-34(17-18-9-11-35(12-10-18)26-7-3-19(31)16-32-26)20-13-22(14-20)41-21-4-5-23-24(15-21)30(40)36(29(23)39)25-6-8-27(37)33-28(25)38/h3-5,7,15-16,18,20,22,25H,2,6,8-14,17,31H2,1H3,(H,33,37,38)/t20-,22-,25?. The smallest absolute Gasteiger partial charge is 0.262 e. The number of carbonyl (C=O) groups excluding carboxylic acids is 4. The van der Waals surface area contributed by atoms with E-state index in [2.05, 4.69) is 27.0 Å². The quantitative estimate of drug-likeness (QED) is 0.466. The van der Waals surface area contributed by atoms with Crippen LogP contribution in [0.5, 0.6) is 5.75 Å². The van der Waals surface area contributed by atoms with Gasteiger partial charge in [-0.25, -0.2) is 4.98 Å². The van der Waals surface area contributed by atoms with Crippen molar-refractivity contribution in [3.63, 3.8) is 0 Å². The van der Waals surface area contributed by atoms with Gasteiger partial charge in [0, 0.05) is 44.9 Å². The number of ether oxygens (including phenoxy) is 1. The van der Waals surface area contributed by atoms with E-state index < -0.39 is 29.7 Å². The number of pyridine rings is 1. The van der Waals surface area contributed by atoms with Gasteiger partial charge in [0.25, 0.3) is 11.8 Å². The number of fused-ring (bicyclic) bond motifs is 1. The number of anilines is 2. The summed E-state index contributed by atoms with van der Waals surface area (Å²) in [5.74, 6) is 0.146. The highest BCUT2D eigenvalue weighted by molar-refractivity contribution is 6.23. The fourth-order valence-electron chi connectivity index (χ4n) is 6.45. The number of amides is 4. The van der Waals surface area contributed by atoms with Crippen LogP contribution in [0.3, 0.4) is 0 Å². The number of aromatic nitrogens is 1. The Labute approximate surface area is 239 Å². The second-order valence-corrected chi connectivity index (χ2v) is 11.5. The van der Waals surface area contributed by atoms with E-state index in [0.29, 0.717) is 23.4 Å². The highest BCUT2D eigenvalue weighted by Crippen LogP contribution is 2.35. The molecule has 0 radical (unpaired) electrons. The predicted molar refractivity (Wildman–Crippen MR) is 151 cm³/mol. The Balaban J connectivity index is 1.000. The van der Waals surface area contributed by atoms with Crippen molar-refractivity contribution in [1.29, 1.82) is 0 Å². The molecule has 1 aliphatic carbocycles. The minimum atomic E-state index is -0.974. The van der Waals surface area contributed by atoms with Crippen LogP contribution >= 0.6 is 0 Å². The summed E-state index contributed by atoms with van der Waals surface area (Å²) in [5, 5.41) is 2.22. The molecule has 11 nitrogen and oxygen atoms in total. The second kappa shape index (κ2) is 11.1. The van der Waals surface area contributed by atoms with Crippen LogP contribution in [0.1, 0.15) is 66.2 Å². The van der Waals surface area contributed by atoms with Crippen LogP contribution in [-0.4, -0.2) is 82.8 Å². The third kappa shape index (κ3) is 5.38. The van der Waals surface area contributed by atoms with Crippen LogP contribution in [0.15, 0.2) is 36.5 Å². The molecule has 6 rings (SSSR count). The lowest BCUT2D eigenvalue weighted by molar-refractivity contribution is -0.136. The van der Waals surface area contributed by atoms with Gasteiger partial charge in [-0.3, -0.25) is 29.4 Å². The molecule has 4 aliphatic rings. The average Bonchev–Trinajstić information content (AvgIpc) is 3.19. The van der Waals surface area contributed by atoms with Crippen molar-refractivity contribution >= 4 is 35.1 Å². The molecular weight excluding hydrogens is 524 g/mol. The zero-order valence-electron chi connectivity index (χ0n) is 23.3. The zero-order chi connectivity index (χ0) is 28.7. The molecule has 41 heavy (non-hydrogen) atoms. The summed E-state index contributed by atoms with van der Waals surface area (Å²) < 4.78 is 6.21. The molecule has 3 aliphatic heterocycles. The molecule has 2 saturated heterocycles. The first-order valence-electron chi connectivity index (χ1n) is 14.5. The number of imide groups is 2. The molecule has 216 valence electrons. The lowest BCUT2D eigenvalue weighted by atomic mass is 9.86. The maximum atomic E-state index is 13.1. The number of carbonyl (C=O) groups is 4. The van der Waals surface area contributed by atoms with Crippen molar-refractivity contribution in [3.8, 4) is 5.75 Å². The van der Waals surface area contributed by atoms with Crippen molar-refractivity contribution in [2.45, 2.75) is 63.6 Å². The largest absolute Gasteiger partial charge is 0.490 e. The number of nitrogens with one attached hydrogen (secondary N) is 1. The normalized spacial score (nSPS) is 24.9. The number of hydrogen-bond donors (Lipinski definition) is 2. The van der Waals surface area contributed by atoms with Gasteiger partial charge in [0.1, 0.15) is 23.7 Å². The molecule has 2 aromatic rings. The molecule has 1 atom stereocenters. The Hall–Kier alpha value is -3.99. The van der Waals surface area contributed by atoms with Gasteiger partial charge in [-0.05, 0) is 62.1 Å². The van der Waals surface area contributed by atoms with Gasteiger partial charge in [0.2, 0.25) is 11.8 Å². The molecule has 1 aromatic carbocycles. The Morgan fingerprint density at radius 2 is 1.78 bits per heavy atom. The van der Waals surface area contributed by atoms with Gasteiger partial charge in [-0.15, -0.1) is 0 Å². The van der Waals surface area contributed by atoms with Gasteiger partial charge >= 0.3 is 0 Å². The first-order valence-corrected chi connectivity index (χ1v) is 14.5. The number of hydrogen-bond acceptors (Lipinski definition) is 9. The van der Waals surface area contributed by atoms with Crippen molar-refractivity contribution in [2.75, 3.05) is 36.8 Å². The van der Waals surface area contributed by atoms with E-state index in [9.17, 15) is 19.2 Å². The number of benzene rings is 1. The Kier molecular flexibility index (Phi) is 7.37. The summed E-state index contributed by atoms with van der Waals surface area (Å²) in [7, 11) is 0. The summed E-state index contributed by atoms with van der Waals surface area (Å²) in [4.78, 5) is 60.2. The Bertz CT molecular complexity index is 1350. The predicted octanol–water partition coefficient (Wildman–Crippen LogP) is 2.21. The van der Waals surface area contributed by atoms with Crippen LogP contribution < -0.4 is 20.7 Å². The summed E-state index contributed by atoms with van der Waals surface area (Å²) in [6, 6.07) is 8.30. The molecule has 1 aromatic heterocycles. The Morgan fingerprint density at radius 3 is 2.46 bits per heavy atom. The van der Waals surface area contributed by atoms with Gasteiger partial charge < -0.3 is 20.3 Å². The molecule has 3 N–H and O–H groups in total. The minimum absolute atomic E-state index is 0.0454. The number of nitrogens with two attached hydrogens (primary N) is 1. The fourth-order valence-corrected chi connectivity index (χ4v) is 6.45. The molecular formula is C30H36N6O5. The van der Waals surface area contributed by atoms with E-state index in [1.54, 1.807) is 24.4 Å². The van der Waals surface area contributed by atoms with Crippen molar-refractivity contribution in [3.05, 3.63) is 47.7 Å². The molecule has 4 amide bonds. The van der Waals surface area contributed by atoms with E-state index >= 15 is 0 Å². The highest BCUT2D eigenvalue weighted by atomic mass is 16.5. The van der Waals surface area contributed by atoms with Crippen molar-refractivity contribution in [1.82, 2.24) is 20.1 Å². The van der Waals surface area contributed by atoms with Crippen molar-refractivity contribution in [2.24, 2.45) is 5.92 Å². The minimum Gasteiger partial charge on any atom is -0.490 e. The summed E-state index contributed by atoms with van der Waals surface area (Å²) in [6.07, 6.45) is 6.07. The molecule has 1 saturated carbocycles. The molecule has 0 bridgehead atoms. The van der Waals surface area contributed by atoms with E-state index in [4.69, 9.17) is 10.5 Å². The number of nitrogen functional groups attached to an aromatic ring is 1. The monoisotopic (exact) mass is 560 g/mol. The van der Waals surface area contributed by atoms with Crippen LogP contribution in [0, 0.1) is 5.92 Å². The topological polar surface area (TPSA) is 138 Å². The Morgan fingerprint density at radius 1 is 1.02 bits per heavy atom. The third-order valence-electron chi connectivity index (χ3n) is 8.91. The molecule has 3 fully saturated rings. The summed E-state index contributed by atoms with van der Waals surface area (Å²) >= 11 is 0. The van der Waals surface area contributed by atoms with E-state index in [-0.39, 0.29) is 30.1 Å². The van der Waals surface area contributed by atoms with Crippen LogP contribution in [-0.2, 0) is 9.59 Å². The second-order valence-electron chi connectivity index (χ2n) is 11.5. The van der Waals surface area contributed by atoms with Gasteiger partial charge in [0.15, 0.2) is 0 Å². The maximum absolute atomic E-state index is 13.1. The fraction of sp³-hybridized carbons (Fsp3) is 0.500. The molecule has 1 unspecified atom stereocenters. The van der Waals surface area contributed by atoms with E-state index in [1.165, 1.54) is 0 Å². The lowest BCUT2D eigenvalue weighted by Crippen LogP contribution is -2.54. The van der Waals surface area contributed by atoms with Gasteiger partial charge in [-0.2, -0.15) is 0 Å². The lowest BCUT2D eigenvalue weighted by Gasteiger charge is -2.44. The molecule has 4 heterocycles. The third-order valence-corrected chi connectivity index (χ3v) is 8.91. The number of piperidine rings is 2. The van der Waals surface area contributed by atoms with Crippen molar-refractivity contribution < 1.29 is 23.9 Å². The first-order chi connectivity index (χ1) is 19.8. The van der Waals surface area contributed by atoms with Crippen LogP contribution in [0.25, 0.3) is 0 Å². The van der Waals surface area contributed by atoms with Crippen LogP contribution in [0.4, 0.5) is 11.5 Å². The van der Waals surface area contributed by atoms with Gasteiger partial charge in [0.05, 0.1) is 23.0 Å². The summed E-state index contributed by atoms with van der Waals surface area (Å²) in [6.45, 7) is 6.26. The summed E-state index contributed by atoms with van der Waals surface area (Å²) in [5.41, 5.74) is 6.95. The zero-order valence-corrected chi connectivity index (χ0v) is 23.3. The van der Waals surface area contributed by atoms with E-state index in [0.717, 1.165) is 62.6 Å². The highest BCUT2D eigenvalue weighted by Gasteiger charge is 2.45. The van der Waals surface area contributed by atoms with Crippen LogP contribution in [0.2, 0.25) is 0 Å². The SMILES string of the molecule is CCN(CC1CCN(c2ccc(N)cn2)CC1)[C@H]1C[C@H](Oc2ccc3c(c2)C(=O)N(C2CCC(=O)NC2=O)C3=O)C1.